The molecule has 1 heterocycles. The highest BCUT2D eigenvalue weighted by molar-refractivity contribution is 6.12. The Morgan fingerprint density at radius 2 is 1.58 bits per heavy atom. The molecule has 1 fully saturated rings. The van der Waals surface area contributed by atoms with Gasteiger partial charge in [0.1, 0.15) is 0 Å². The van der Waals surface area contributed by atoms with Gasteiger partial charge in [0.2, 0.25) is 0 Å². The molecule has 0 aliphatic carbocycles. The average molecular weight is 493 g/mol. The molecule has 0 bridgehead atoms. The van der Waals surface area contributed by atoms with Crippen LogP contribution in [0.4, 0.5) is 0 Å². The smallest absolute Gasteiger partial charge is 0.278 e. The first-order valence-electron chi connectivity index (χ1n) is 11.5. The monoisotopic (exact) mass is 492 g/mol. The van der Waals surface area contributed by atoms with Gasteiger partial charge >= 0.3 is 0 Å². The lowest BCUT2D eigenvalue weighted by atomic mass is 9.95. The summed E-state index contributed by atoms with van der Waals surface area (Å²) in [5, 5.41) is 11.4. The first-order chi connectivity index (χ1) is 17.1. The van der Waals surface area contributed by atoms with Gasteiger partial charge < -0.3 is 15.0 Å². The van der Waals surface area contributed by atoms with E-state index < -0.39 is 23.3 Å². The van der Waals surface area contributed by atoms with Gasteiger partial charge in [-0.05, 0) is 55.8 Å². The summed E-state index contributed by atoms with van der Waals surface area (Å²) in [7, 11) is 4.41. The van der Waals surface area contributed by atoms with E-state index in [1.807, 2.05) is 12.1 Å². The van der Waals surface area contributed by atoms with Crippen LogP contribution in [0.15, 0.2) is 48.5 Å². The number of carbonyl (C=O) groups excluding carboxylic acids is 3. The Hall–Kier alpha value is -3.71. The summed E-state index contributed by atoms with van der Waals surface area (Å²) in [6, 6.07) is 14.6. The van der Waals surface area contributed by atoms with Crippen molar-refractivity contribution in [3.63, 3.8) is 0 Å². The van der Waals surface area contributed by atoms with Crippen LogP contribution in [-0.2, 0) is 20.9 Å². The molecule has 9 heteroatoms. The molecule has 190 valence electrons. The van der Waals surface area contributed by atoms with E-state index in [0.717, 1.165) is 30.1 Å². The minimum absolute atomic E-state index is 0.0428. The van der Waals surface area contributed by atoms with Crippen molar-refractivity contribution >= 4 is 17.7 Å². The highest BCUT2D eigenvalue weighted by atomic mass is 16.5. The molecule has 2 aromatic rings. The number of rotatable bonds is 7. The number of amides is 3. The molecule has 0 spiro atoms. The van der Waals surface area contributed by atoms with E-state index in [9.17, 15) is 14.4 Å². The second kappa shape index (κ2) is 10.9. The minimum Gasteiger partial charge on any atom is -0.376 e. The van der Waals surface area contributed by atoms with Crippen molar-refractivity contribution in [2.45, 2.75) is 31.5 Å². The Kier molecular flexibility index (Phi) is 8.15. The van der Waals surface area contributed by atoms with Crippen LogP contribution in [0.5, 0.6) is 0 Å². The summed E-state index contributed by atoms with van der Waals surface area (Å²) in [6.07, 6.45) is 0. The first-order valence-corrected chi connectivity index (χ1v) is 11.5. The third-order valence-corrected chi connectivity index (χ3v) is 6.64. The number of benzene rings is 2. The van der Waals surface area contributed by atoms with E-state index in [1.165, 1.54) is 32.1 Å². The lowest BCUT2D eigenvalue weighted by Gasteiger charge is -2.47. The number of hydrogen-bond acceptors (Lipinski definition) is 6. The zero-order valence-corrected chi connectivity index (χ0v) is 21.2. The van der Waals surface area contributed by atoms with Crippen molar-refractivity contribution in [3.8, 4) is 11.8 Å². The number of hydroxylamine groups is 1. The average Bonchev–Trinajstić information content (AvgIpc) is 2.89. The number of methoxy groups -OCH3 is 1. The third kappa shape index (κ3) is 5.57. The number of hydrogen-bond donors (Lipinski definition) is 3. The van der Waals surface area contributed by atoms with Gasteiger partial charge in [0.05, 0.1) is 5.60 Å². The predicted molar refractivity (Wildman–Crippen MR) is 134 cm³/mol. The second-order valence-electron chi connectivity index (χ2n) is 9.28. The van der Waals surface area contributed by atoms with Crippen molar-refractivity contribution in [3.05, 3.63) is 70.8 Å². The van der Waals surface area contributed by atoms with Crippen molar-refractivity contribution in [2.75, 3.05) is 34.3 Å². The molecule has 3 rings (SSSR count). The van der Waals surface area contributed by atoms with Crippen molar-refractivity contribution in [1.82, 2.24) is 20.6 Å². The molecule has 1 aliphatic heterocycles. The molecule has 36 heavy (non-hydrogen) atoms. The SMILES string of the molecule is CNC(=O)[C@@](C)(C(=O)NO)N(C)C(=O)c1ccc(C#Cc2ccc(CN3CC(C)(OC)C3)cc2)cc1. The Labute approximate surface area is 211 Å². The van der Waals surface area contributed by atoms with E-state index in [1.54, 1.807) is 31.4 Å². The van der Waals surface area contributed by atoms with Gasteiger partial charge in [-0.3, -0.25) is 24.5 Å². The molecule has 1 atom stereocenters. The quantitative estimate of drug-likeness (QED) is 0.233. The van der Waals surface area contributed by atoms with Crippen LogP contribution in [0.2, 0.25) is 0 Å². The topological polar surface area (TPSA) is 111 Å². The van der Waals surface area contributed by atoms with Gasteiger partial charge in [0.25, 0.3) is 17.7 Å². The second-order valence-corrected chi connectivity index (χ2v) is 9.28. The van der Waals surface area contributed by atoms with Crippen LogP contribution < -0.4 is 10.8 Å². The van der Waals surface area contributed by atoms with Crippen LogP contribution in [-0.4, -0.2) is 78.2 Å². The van der Waals surface area contributed by atoms with Crippen LogP contribution in [0.1, 0.15) is 40.9 Å². The third-order valence-electron chi connectivity index (χ3n) is 6.64. The minimum atomic E-state index is -1.94. The summed E-state index contributed by atoms with van der Waals surface area (Å²) >= 11 is 0. The van der Waals surface area contributed by atoms with Crippen LogP contribution in [0.25, 0.3) is 0 Å². The van der Waals surface area contributed by atoms with Gasteiger partial charge in [0.15, 0.2) is 5.54 Å². The number of nitrogens with zero attached hydrogens (tertiary/aromatic N) is 2. The normalized spacial score (nSPS) is 15.9. The summed E-state index contributed by atoms with van der Waals surface area (Å²) in [4.78, 5) is 40.7. The molecule has 0 aromatic heterocycles. The number of carbonyl (C=O) groups is 3. The van der Waals surface area contributed by atoms with Gasteiger partial charge in [0, 0.05) is 57.5 Å². The predicted octanol–water partition coefficient (Wildman–Crippen LogP) is 1.39. The van der Waals surface area contributed by atoms with E-state index in [-0.39, 0.29) is 11.2 Å². The maximum Gasteiger partial charge on any atom is 0.278 e. The molecule has 2 aromatic carbocycles. The maximum atomic E-state index is 12.9. The number of likely N-dealkylation sites (tertiary alicyclic amines) is 1. The molecule has 1 saturated heterocycles. The molecular formula is C27H32N4O5. The lowest BCUT2D eigenvalue weighted by Crippen LogP contribution is -2.64. The Balaban J connectivity index is 1.65. The van der Waals surface area contributed by atoms with Crippen LogP contribution in [0, 0.1) is 11.8 Å². The van der Waals surface area contributed by atoms with Crippen LogP contribution >= 0.6 is 0 Å². The van der Waals surface area contributed by atoms with E-state index in [4.69, 9.17) is 9.94 Å². The van der Waals surface area contributed by atoms with Gasteiger partial charge in [-0.25, -0.2) is 5.48 Å². The standard InChI is InChI=1S/C27H32N4O5/c1-26(36-5)17-31(18-26)16-21-10-8-19(9-11-21)6-7-20-12-14-22(15-13-20)23(32)30(4)27(2,24(33)28-3)25(34)29-35/h8-15,35H,16-18H2,1-5H3,(H,28,33)(H,29,34)/t27-/m0/s1. The van der Waals surface area contributed by atoms with Crippen molar-refractivity contribution in [1.29, 1.82) is 0 Å². The molecule has 0 radical (unpaired) electrons. The summed E-state index contributed by atoms with van der Waals surface area (Å²) in [5.74, 6) is 3.87. The number of ether oxygens (including phenoxy) is 1. The molecule has 0 saturated carbocycles. The fraction of sp³-hybridized carbons (Fsp3) is 0.370. The molecule has 1 aliphatic rings. The highest BCUT2D eigenvalue weighted by Gasteiger charge is 2.47. The van der Waals surface area contributed by atoms with E-state index >= 15 is 0 Å². The van der Waals surface area contributed by atoms with E-state index in [2.05, 4.69) is 41.1 Å². The van der Waals surface area contributed by atoms with Gasteiger partial charge in [-0.2, -0.15) is 0 Å². The molecule has 0 unspecified atom stereocenters. The summed E-state index contributed by atoms with van der Waals surface area (Å²) in [5.41, 5.74) is 2.53. The maximum absolute atomic E-state index is 12.9. The molecular weight excluding hydrogens is 460 g/mol. The van der Waals surface area contributed by atoms with Crippen molar-refractivity contribution in [2.24, 2.45) is 0 Å². The fourth-order valence-corrected chi connectivity index (χ4v) is 4.09. The Morgan fingerprint density at radius 3 is 2.06 bits per heavy atom. The molecule has 3 amide bonds. The molecule has 3 N–H and O–H groups in total. The number of likely N-dealkylation sites (N-methyl/N-ethyl adjacent to an activating group) is 2. The van der Waals surface area contributed by atoms with Crippen molar-refractivity contribution < 1.29 is 24.3 Å². The largest absolute Gasteiger partial charge is 0.376 e. The lowest BCUT2D eigenvalue weighted by molar-refractivity contribution is -0.148. The Morgan fingerprint density at radius 1 is 1.06 bits per heavy atom. The zero-order valence-electron chi connectivity index (χ0n) is 21.2. The zero-order chi connectivity index (χ0) is 26.5. The van der Waals surface area contributed by atoms with Gasteiger partial charge in [-0.1, -0.05) is 24.0 Å². The summed E-state index contributed by atoms with van der Waals surface area (Å²) < 4.78 is 5.49. The Bertz CT molecular complexity index is 1160. The van der Waals surface area contributed by atoms with Gasteiger partial charge in [-0.15, -0.1) is 0 Å². The first kappa shape index (κ1) is 26.9. The number of nitrogens with one attached hydrogen (secondary N) is 2. The fourth-order valence-electron chi connectivity index (χ4n) is 4.09. The van der Waals surface area contributed by atoms with Crippen LogP contribution in [0.3, 0.4) is 0 Å². The highest BCUT2D eigenvalue weighted by Crippen LogP contribution is 2.25. The van der Waals surface area contributed by atoms with E-state index in [0.29, 0.717) is 5.56 Å². The molecule has 9 nitrogen and oxygen atoms in total. The summed E-state index contributed by atoms with van der Waals surface area (Å²) in [6.45, 7) is 6.06.